The number of aromatic nitrogens is 2. The van der Waals surface area contributed by atoms with E-state index < -0.39 is 0 Å². The predicted molar refractivity (Wildman–Crippen MR) is 188 cm³/mol. The highest BCUT2D eigenvalue weighted by atomic mass is 16.5. The summed E-state index contributed by atoms with van der Waals surface area (Å²) in [7, 11) is 2.03. The molecule has 0 amide bonds. The summed E-state index contributed by atoms with van der Waals surface area (Å²) in [5, 5.41) is 0. The van der Waals surface area contributed by atoms with Crippen LogP contribution < -0.4 is 0 Å². The van der Waals surface area contributed by atoms with Gasteiger partial charge in [-0.2, -0.15) is 0 Å². The summed E-state index contributed by atoms with van der Waals surface area (Å²) in [5.41, 5.74) is 1.11. The minimum absolute atomic E-state index is 0.114. The molecule has 0 saturated carbocycles. The number of hydrogen-bond acceptors (Lipinski definition) is 3. The standard InChI is InChI=1S/C39H76N2O2/c1-4-6-8-10-12-14-16-18-20-22-24-26-28-30-32-42-36-39(34-38-35-41(3)37-40-38)43-33-31-29-27-25-23-21-19-17-15-13-11-9-7-5-2/h35,37,39H,4-34,36H2,1-3H3. The number of aryl methyl sites for hydroxylation is 1. The van der Waals surface area contributed by atoms with E-state index in [1.54, 1.807) is 0 Å². The molecular formula is C39H76N2O2. The van der Waals surface area contributed by atoms with E-state index in [1.165, 1.54) is 173 Å². The number of ether oxygens (including phenoxy) is 2. The highest BCUT2D eigenvalue weighted by Crippen LogP contribution is 2.15. The summed E-state index contributed by atoms with van der Waals surface area (Å²) < 4.78 is 14.4. The summed E-state index contributed by atoms with van der Waals surface area (Å²) in [6.07, 6.45) is 43.9. The maximum atomic E-state index is 6.31. The number of imidazole rings is 1. The highest BCUT2D eigenvalue weighted by Gasteiger charge is 2.12. The summed E-state index contributed by atoms with van der Waals surface area (Å²) >= 11 is 0. The normalized spacial score (nSPS) is 12.3. The van der Waals surface area contributed by atoms with Crippen molar-refractivity contribution >= 4 is 0 Å². The SMILES string of the molecule is CCCCCCCCCCCCCCCCOCC(Cc1cn(C)cn1)OCCCCCCCCCCCCCCCC. The van der Waals surface area contributed by atoms with Crippen molar-refractivity contribution in [3.63, 3.8) is 0 Å². The second-order valence-corrected chi connectivity index (χ2v) is 13.5. The molecule has 1 atom stereocenters. The third-order valence-electron chi connectivity index (χ3n) is 8.99. The van der Waals surface area contributed by atoms with Crippen LogP contribution in [0.15, 0.2) is 12.5 Å². The van der Waals surface area contributed by atoms with Crippen molar-refractivity contribution in [1.29, 1.82) is 0 Å². The van der Waals surface area contributed by atoms with Crippen LogP contribution in [-0.2, 0) is 22.9 Å². The second-order valence-electron chi connectivity index (χ2n) is 13.5. The maximum absolute atomic E-state index is 6.31. The lowest BCUT2D eigenvalue weighted by molar-refractivity contribution is -0.0184. The van der Waals surface area contributed by atoms with Crippen LogP contribution in [-0.4, -0.2) is 35.5 Å². The molecule has 0 saturated heterocycles. The molecule has 4 heteroatoms. The van der Waals surface area contributed by atoms with E-state index >= 15 is 0 Å². The van der Waals surface area contributed by atoms with Gasteiger partial charge in [0.05, 0.1) is 24.7 Å². The van der Waals surface area contributed by atoms with Crippen molar-refractivity contribution in [2.24, 2.45) is 7.05 Å². The van der Waals surface area contributed by atoms with Crippen LogP contribution in [0.4, 0.5) is 0 Å². The number of hydrogen-bond donors (Lipinski definition) is 0. The maximum Gasteiger partial charge on any atom is 0.0946 e. The quantitative estimate of drug-likeness (QED) is 0.0723. The van der Waals surface area contributed by atoms with Gasteiger partial charge < -0.3 is 14.0 Å². The molecule has 1 unspecified atom stereocenters. The molecule has 0 aliphatic heterocycles. The number of rotatable bonds is 35. The molecule has 0 aliphatic rings. The molecule has 0 fully saturated rings. The van der Waals surface area contributed by atoms with E-state index in [9.17, 15) is 0 Å². The van der Waals surface area contributed by atoms with E-state index in [-0.39, 0.29) is 6.10 Å². The van der Waals surface area contributed by atoms with Gasteiger partial charge >= 0.3 is 0 Å². The topological polar surface area (TPSA) is 36.3 Å². The van der Waals surface area contributed by atoms with E-state index in [2.05, 4.69) is 25.0 Å². The van der Waals surface area contributed by atoms with E-state index in [0.717, 1.165) is 31.7 Å². The molecule has 1 aromatic heterocycles. The van der Waals surface area contributed by atoms with E-state index in [1.807, 2.05) is 17.9 Å². The summed E-state index contributed by atoms with van der Waals surface area (Å²) in [6, 6.07) is 0. The van der Waals surface area contributed by atoms with Gasteiger partial charge in [0, 0.05) is 32.9 Å². The lowest BCUT2D eigenvalue weighted by Crippen LogP contribution is -2.24. The van der Waals surface area contributed by atoms with Gasteiger partial charge in [-0.25, -0.2) is 4.98 Å². The number of nitrogens with zero attached hydrogens (tertiary/aromatic N) is 2. The van der Waals surface area contributed by atoms with Gasteiger partial charge in [0.15, 0.2) is 0 Å². The van der Waals surface area contributed by atoms with Crippen molar-refractivity contribution in [2.45, 2.75) is 206 Å². The van der Waals surface area contributed by atoms with Gasteiger partial charge in [0.2, 0.25) is 0 Å². The Morgan fingerprint density at radius 3 is 1.28 bits per heavy atom. The minimum Gasteiger partial charge on any atom is -0.379 e. The second kappa shape index (κ2) is 32.5. The average Bonchev–Trinajstić information content (AvgIpc) is 3.42. The van der Waals surface area contributed by atoms with Crippen molar-refractivity contribution in [3.05, 3.63) is 18.2 Å². The molecule has 0 bridgehead atoms. The first-order chi connectivity index (χ1) is 21.3. The Hall–Kier alpha value is -0.870. The molecule has 1 heterocycles. The van der Waals surface area contributed by atoms with Gasteiger partial charge in [-0.1, -0.05) is 181 Å². The van der Waals surface area contributed by atoms with Crippen LogP contribution >= 0.6 is 0 Å². The summed E-state index contributed by atoms with van der Waals surface area (Å²) in [5.74, 6) is 0. The van der Waals surface area contributed by atoms with Gasteiger partial charge in [0.1, 0.15) is 0 Å². The Labute approximate surface area is 269 Å². The molecule has 0 aromatic carbocycles. The Bertz CT molecular complexity index is 661. The molecule has 0 radical (unpaired) electrons. The fraction of sp³-hybridized carbons (Fsp3) is 0.923. The fourth-order valence-electron chi connectivity index (χ4n) is 6.13. The van der Waals surface area contributed by atoms with Gasteiger partial charge in [0.25, 0.3) is 0 Å². The van der Waals surface area contributed by atoms with Gasteiger partial charge in [-0.05, 0) is 12.8 Å². The van der Waals surface area contributed by atoms with Crippen molar-refractivity contribution in [2.75, 3.05) is 19.8 Å². The molecular weight excluding hydrogens is 528 g/mol. The van der Waals surface area contributed by atoms with Crippen molar-refractivity contribution in [1.82, 2.24) is 9.55 Å². The average molecular weight is 605 g/mol. The number of unbranched alkanes of at least 4 members (excludes halogenated alkanes) is 26. The van der Waals surface area contributed by atoms with E-state index in [4.69, 9.17) is 9.47 Å². The Morgan fingerprint density at radius 2 is 0.907 bits per heavy atom. The Kier molecular flexibility index (Phi) is 30.4. The molecule has 254 valence electrons. The van der Waals surface area contributed by atoms with Gasteiger partial charge in [-0.15, -0.1) is 0 Å². The monoisotopic (exact) mass is 605 g/mol. The molecule has 1 aromatic rings. The van der Waals surface area contributed by atoms with Gasteiger partial charge in [-0.3, -0.25) is 0 Å². The van der Waals surface area contributed by atoms with Crippen LogP contribution in [0.5, 0.6) is 0 Å². The van der Waals surface area contributed by atoms with E-state index in [0.29, 0.717) is 6.61 Å². The zero-order valence-corrected chi connectivity index (χ0v) is 29.6. The lowest BCUT2D eigenvalue weighted by Gasteiger charge is -2.17. The van der Waals surface area contributed by atoms with Crippen LogP contribution in [0.3, 0.4) is 0 Å². The van der Waals surface area contributed by atoms with Crippen molar-refractivity contribution < 1.29 is 9.47 Å². The van der Waals surface area contributed by atoms with Crippen LogP contribution in [0.25, 0.3) is 0 Å². The minimum atomic E-state index is 0.114. The Morgan fingerprint density at radius 1 is 0.535 bits per heavy atom. The first-order valence-electron chi connectivity index (χ1n) is 19.4. The molecule has 0 N–H and O–H groups in total. The van der Waals surface area contributed by atoms with Crippen LogP contribution in [0.2, 0.25) is 0 Å². The van der Waals surface area contributed by atoms with Crippen LogP contribution in [0, 0.1) is 0 Å². The zero-order chi connectivity index (χ0) is 30.9. The summed E-state index contributed by atoms with van der Waals surface area (Å²) in [4.78, 5) is 4.53. The smallest absolute Gasteiger partial charge is 0.0946 e. The first-order valence-corrected chi connectivity index (χ1v) is 19.4. The third-order valence-corrected chi connectivity index (χ3v) is 8.99. The first kappa shape index (κ1) is 40.2. The fourth-order valence-corrected chi connectivity index (χ4v) is 6.13. The largest absolute Gasteiger partial charge is 0.379 e. The highest BCUT2D eigenvalue weighted by molar-refractivity contribution is 4.98. The van der Waals surface area contributed by atoms with Crippen molar-refractivity contribution in [3.8, 4) is 0 Å². The molecule has 43 heavy (non-hydrogen) atoms. The molecule has 0 spiro atoms. The third kappa shape index (κ3) is 28.4. The lowest BCUT2D eigenvalue weighted by atomic mass is 10.0. The predicted octanol–water partition coefficient (Wildman–Crippen LogP) is 12.3. The molecule has 1 rings (SSSR count). The zero-order valence-electron chi connectivity index (χ0n) is 29.6. The summed E-state index contributed by atoms with van der Waals surface area (Å²) in [6.45, 7) is 6.99. The molecule has 4 nitrogen and oxygen atoms in total. The molecule has 0 aliphatic carbocycles. The van der Waals surface area contributed by atoms with Crippen LogP contribution in [0.1, 0.15) is 199 Å². The Balaban J connectivity index is 1.99.